The molecule has 0 fully saturated rings. The Morgan fingerprint density at radius 1 is 1.00 bits per heavy atom. The lowest BCUT2D eigenvalue weighted by atomic mass is 9.88. The molecule has 1 aromatic heterocycles. The van der Waals surface area contributed by atoms with Gasteiger partial charge in [0.25, 0.3) is 0 Å². The SMILES string of the molecule is CCc1ccc2c3c(ccc2[n+]1CC)CCCC3.I. The van der Waals surface area contributed by atoms with Gasteiger partial charge in [0.05, 0.1) is 0 Å². The van der Waals surface area contributed by atoms with E-state index in [1.807, 2.05) is 0 Å². The number of nitrogens with zero attached hydrogens (tertiary/aromatic N) is 1. The van der Waals surface area contributed by atoms with E-state index in [2.05, 4.69) is 42.7 Å². The zero-order valence-corrected chi connectivity index (χ0v) is 14.2. The topological polar surface area (TPSA) is 3.88 Å². The van der Waals surface area contributed by atoms with Crippen molar-refractivity contribution in [2.45, 2.75) is 52.5 Å². The van der Waals surface area contributed by atoms with Gasteiger partial charge in [-0.1, -0.05) is 13.0 Å². The number of halogens is 1. The Balaban J connectivity index is 0.00000133. The van der Waals surface area contributed by atoms with Crippen LogP contribution in [0.1, 0.15) is 43.5 Å². The first-order valence-corrected chi connectivity index (χ1v) is 7.31. The Kier molecular flexibility index (Phi) is 4.82. The van der Waals surface area contributed by atoms with Crippen molar-refractivity contribution in [3.8, 4) is 0 Å². The molecule has 1 heterocycles. The summed E-state index contributed by atoms with van der Waals surface area (Å²) in [7, 11) is 0. The molecule has 1 aliphatic carbocycles. The van der Waals surface area contributed by atoms with Gasteiger partial charge in [0, 0.05) is 23.9 Å². The predicted octanol–water partition coefficient (Wildman–Crippen LogP) is 4.21. The van der Waals surface area contributed by atoms with Crippen molar-refractivity contribution in [2.75, 3.05) is 0 Å². The molecule has 0 amide bonds. The highest BCUT2D eigenvalue weighted by molar-refractivity contribution is 14.0. The third-order valence-electron chi connectivity index (χ3n) is 4.31. The van der Waals surface area contributed by atoms with Gasteiger partial charge in [-0.25, -0.2) is 0 Å². The molecule has 0 radical (unpaired) electrons. The minimum atomic E-state index is 0. The maximum atomic E-state index is 2.48. The first-order valence-electron chi connectivity index (χ1n) is 7.31. The van der Waals surface area contributed by atoms with Crippen LogP contribution in [0.25, 0.3) is 10.9 Å². The molecule has 102 valence electrons. The van der Waals surface area contributed by atoms with Crippen molar-refractivity contribution in [2.24, 2.45) is 0 Å². The Morgan fingerprint density at radius 3 is 2.53 bits per heavy atom. The number of hydrogen-bond donors (Lipinski definition) is 0. The van der Waals surface area contributed by atoms with Crippen LogP contribution in [-0.2, 0) is 25.8 Å². The number of benzene rings is 1. The molecular weight excluding hydrogens is 345 g/mol. The van der Waals surface area contributed by atoms with E-state index in [0.29, 0.717) is 0 Å². The lowest BCUT2D eigenvalue weighted by Crippen LogP contribution is -2.38. The van der Waals surface area contributed by atoms with Crippen molar-refractivity contribution >= 4 is 34.9 Å². The number of aryl methyl sites for hydroxylation is 4. The van der Waals surface area contributed by atoms with E-state index in [-0.39, 0.29) is 24.0 Å². The van der Waals surface area contributed by atoms with Gasteiger partial charge in [0.15, 0.2) is 5.69 Å². The number of pyridine rings is 1. The lowest BCUT2D eigenvalue weighted by molar-refractivity contribution is -0.675. The summed E-state index contributed by atoms with van der Waals surface area (Å²) in [5.41, 5.74) is 6.07. The first-order chi connectivity index (χ1) is 8.85. The first kappa shape index (κ1) is 14.8. The highest BCUT2D eigenvalue weighted by Crippen LogP contribution is 2.27. The molecule has 0 aliphatic heterocycles. The maximum Gasteiger partial charge on any atom is 0.212 e. The smallest absolute Gasteiger partial charge is 0.196 e. The van der Waals surface area contributed by atoms with Crippen molar-refractivity contribution in [1.29, 1.82) is 0 Å². The van der Waals surface area contributed by atoms with Gasteiger partial charge >= 0.3 is 0 Å². The normalized spacial score (nSPS) is 14.0. The molecule has 0 N–H and O–H groups in total. The molecular formula is C17H23IN+. The van der Waals surface area contributed by atoms with Crippen molar-refractivity contribution in [1.82, 2.24) is 0 Å². The third kappa shape index (κ3) is 2.51. The molecule has 1 aromatic carbocycles. The number of fused-ring (bicyclic) bond motifs is 3. The fourth-order valence-electron chi connectivity index (χ4n) is 3.37. The van der Waals surface area contributed by atoms with E-state index >= 15 is 0 Å². The second-order valence-corrected chi connectivity index (χ2v) is 5.27. The summed E-state index contributed by atoms with van der Waals surface area (Å²) in [5, 5.41) is 1.49. The summed E-state index contributed by atoms with van der Waals surface area (Å²) >= 11 is 0. The van der Waals surface area contributed by atoms with E-state index in [4.69, 9.17) is 0 Å². The van der Waals surface area contributed by atoms with Crippen LogP contribution in [0.15, 0.2) is 24.3 Å². The van der Waals surface area contributed by atoms with E-state index in [1.165, 1.54) is 42.3 Å². The molecule has 0 unspecified atom stereocenters. The predicted molar refractivity (Wildman–Crippen MR) is 91.3 cm³/mol. The highest BCUT2D eigenvalue weighted by atomic mass is 127. The van der Waals surface area contributed by atoms with Gasteiger partial charge in [-0.05, 0) is 49.8 Å². The molecule has 3 rings (SSSR count). The van der Waals surface area contributed by atoms with Gasteiger partial charge in [0.1, 0.15) is 6.54 Å². The number of aromatic nitrogens is 1. The molecule has 0 spiro atoms. The summed E-state index contributed by atoms with van der Waals surface area (Å²) in [6.07, 6.45) is 6.36. The van der Waals surface area contributed by atoms with Gasteiger partial charge in [-0.2, -0.15) is 4.57 Å². The highest BCUT2D eigenvalue weighted by Gasteiger charge is 2.18. The van der Waals surface area contributed by atoms with Crippen LogP contribution in [0, 0.1) is 0 Å². The fourth-order valence-corrected chi connectivity index (χ4v) is 3.37. The fraction of sp³-hybridized carbons (Fsp3) is 0.471. The number of hydrogen-bond acceptors (Lipinski definition) is 0. The summed E-state index contributed by atoms with van der Waals surface area (Å²) in [6.45, 7) is 5.56. The largest absolute Gasteiger partial charge is 0.212 e. The van der Waals surface area contributed by atoms with Crippen LogP contribution >= 0.6 is 24.0 Å². The monoisotopic (exact) mass is 368 g/mol. The molecule has 0 atom stereocenters. The Morgan fingerprint density at radius 2 is 1.79 bits per heavy atom. The Bertz CT molecular complexity index is 554. The van der Waals surface area contributed by atoms with E-state index < -0.39 is 0 Å². The molecule has 1 nitrogen and oxygen atoms in total. The Hall–Kier alpha value is -0.640. The molecule has 0 saturated heterocycles. The zero-order valence-electron chi connectivity index (χ0n) is 11.9. The van der Waals surface area contributed by atoms with Gasteiger partial charge in [0.2, 0.25) is 5.52 Å². The zero-order chi connectivity index (χ0) is 12.5. The Labute approximate surface area is 133 Å². The van der Waals surface area contributed by atoms with E-state index in [0.717, 1.165) is 13.0 Å². The molecule has 19 heavy (non-hydrogen) atoms. The minimum absolute atomic E-state index is 0. The number of rotatable bonds is 2. The minimum Gasteiger partial charge on any atom is -0.196 e. The second-order valence-electron chi connectivity index (χ2n) is 5.27. The summed E-state index contributed by atoms with van der Waals surface area (Å²) in [4.78, 5) is 0. The summed E-state index contributed by atoms with van der Waals surface area (Å²) in [5.74, 6) is 0. The van der Waals surface area contributed by atoms with E-state index in [9.17, 15) is 0 Å². The van der Waals surface area contributed by atoms with Crippen LogP contribution in [0.4, 0.5) is 0 Å². The summed E-state index contributed by atoms with van der Waals surface area (Å²) in [6, 6.07) is 9.37. The van der Waals surface area contributed by atoms with Crippen LogP contribution in [0.5, 0.6) is 0 Å². The average Bonchev–Trinajstić information content (AvgIpc) is 2.45. The van der Waals surface area contributed by atoms with Crippen molar-refractivity contribution in [3.05, 3.63) is 41.1 Å². The molecule has 2 aromatic rings. The van der Waals surface area contributed by atoms with Crippen LogP contribution in [0.3, 0.4) is 0 Å². The summed E-state index contributed by atoms with van der Waals surface area (Å²) < 4.78 is 2.48. The molecule has 0 saturated carbocycles. The van der Waals surface area contributed by atoms with Crippen molar-refractivity contribution < 1.29 is 4.57 Å². The van der Waals surface area contributed by atoms with E-state index in [1.54, 1.807) is 11.1 Å². The van der Waals surface area contributed by atoms with Gasteiger partial charge < -0.3 is 0 Å². The molecule has 1 aliphatic rings. The molecule has 2 heteroatoms. The standard InChI is InChI=1S/C17H22N.HI/c1-3-14-10-11-16-15-8-6-5-7-13(15)9-12-17(16)18(14)4-2;/h9-12H,3-8H2,1-2H3;1H/q+1;. The third-order valence-corrected chi connectivity index (χ3v) is 4.31. The lowest BCUT2D eigenvalue weighted by Gasteiger charge is -2.17. The van der Waals surface area contributed by atoms with Crippen LogP contribution in [-0.4, -0.2) is 0 Å². The second kappa shape index (κ2) is 6.21. The van der Waals surface area contributed by atoms with Crippen molar-refractivity contribution in [3.63, 3.8) is 0 Å². The molecule has 0 bridgehead atoms. The van der Waals surface area contributed by atoms with Crippen LogP contribution < -0.4 is 4.57 Å². The van der Waals surface area contributed by atoms with Gasteiger partial charge in [-0.3, -0.25) is 0 Å². The quantitative estimate of drug-likeness (QED) is 0.553. The average molecular weight is 368 g/mol. The van der Waals surface area contributed by atoms with Gasteiger partial charge in [-0.15, -0.1) is 24.0 Å². The van der Waals surface area contributed by atoms with Crippen LogP contribution in [0.2, 0.25) is 0 Å². The maximum absolute atomic E-state index is 2.48.